The third kappa shape index (κ3) is 5.47. The highest BCUT2D eigenvalue weighted by molar-refractivity contribution is 5.95. The number of amides is 1. The molecule has 0 radical (unpaired) electrons. The number of anilines is 2. The van der Waals surface area contributed by atoms with Crippen molar-refractivity contribution >= 4 is 28.9 Å². The molecular weight excluding hydrogens is 410 g/mol. The number of carbonyl (C=O) groups excluding carboxylic acids is 1. The molecule has 0 unspecified atom stereocenters. The molecule has 0 fully saturated rings. The number of imidazole rings is 1. The van der Waals surface area contributed by atoms with E-state index in [1.165, 1.54) is 18.2 Å². The predicted molar refractivity (Wildman–Crippen MR) is 108 cm³/mol. The maximum Gasteiger partial charge on any atom is 0.354 e. The number of non-ortho nitro benzene ring substituents is 1. The average Bonchev–Trinajstić information content (AvgIpc) is 3.28. The zero-order chi connectivity index (χ0) is 22.2. The van der Waals surface area contributed by atoms with Crippen molar-refractivity contribution in [2.45, 2.75) is 13.0 Å². The van der Waals surface area contributed by atoms with E-state index in [0.717, 1.165) is 12.4 Å². The molecule has 3 aromatic rings. The number of benzene rings is 1. The molecule has 1 amide bonds. The number of nitrogens with one attached hydrogen (secondary N) is 3. The number of rotatable bonds is 10. The SMILES string of the molecule is O=C(NNc1ncnc(NCCCn2ccnc2)c1[N+](=O)[O-])c1cccc([N+](=O)[O-])c1. The smallest absolute Gasteiger partial charge is 0.354 e. The van der Waals surface area contributed by atoms with Crippen molar-refractivity contribution < 1.29 is 14.6 Å². The van der Waals surface area contributed by atoms with E-state index in [1.807, 2.05) is 4.57 Å². The van der Waals surface area contributed by atoms with Crippen LogP contribution in [-0.4, -0.2) is 41.8 Å². The van der Waals surface area contributed by atoms with E-state index in [2.05, 4.69) is 31.1 Å². The molecule has 14 heteroatoms. The maximum absolute atomic E-state index is 12.2. The summed E-state index contributed by atoms with van der Waals surface area (Å²) in [5.41, 5.74) is 3.91. The summed E-state index contributed by atoms with van der Waals surface area (Å²) in [5.74, 6) is -0.986. The molecule has 3 N–H and O–H groups in total. The minimum atomic E-state index is -0.730. The second kappa shape index (κ2) is 9.73. The lowest BCUT2D eigenvalue weighted by atomic mass is 10.2. The Morgan fingerprint density at radius 2 is 1.94 bits per heavy atom. The molecule has 0 saturated carbocycles. The van der Waals surface area contributed by atoms with Gasteiger partial charge in [0.25, 0.3) is 11.6 Å². The normalized spacial score (nSPS) is 10.3. The van der Waals surface area contributed by atoms with Crippen molar-refractivity contribution in [3.8, 4) is 0 Å². The van der Waals surface area contributed by atoms with E-state index in [1.54, 1.807) is 18.7 Å². The molecule has 2 heterocycles. The highest BCUT2D eigenvalue weighted by Crippen LogP contribution is 2.28. The van der Waals surface area contributed by atoms with E-state index in [9.17, 15) is 25.0 Å². The number of hydrogen-bond acceptors (Lipinski definition) is 10. The molecule has 1 aromatic carbocycles. The number of nitrogens with zero attached hydrogens (tertiary/aromatic N) is 6. The van der Waals surface area contributed by atoms with Gasteiger partial charge in [-0.05, 0) is 12.5 Å². The molecule has 2 aromatic heterocycles. The van der Waals surface area contributed by atoms with Gasteiger partial charge < -0.3 is 9.88 Å². The van der Waals surface area contributed by atoms with Gasteiger partial charge in [0, 0.05) is 43.2 Å². The summed E-state index contributed by atoms with van der Waals surface area (Å²) < 4.78 is 1.87. The van der Waals surface area contributed by atoms with Crippen LogP contribution in [-0.2, 0) is 6.54 Å². The van der Waals surface area contributed by atoms with Crippen LogP contribution in [0, 0.1) is 20.2 Å². The monoisotopic (exact) mass is 427 g/mol. The van der Waals surface area contributed by atoms with E-state index in [0.29, 0.717) is 19.5 Å². The summed E-state index contributed by atoms with van der Waals surface area (Å²) in [6.07, 6.45) is 6.89. The fraction of sp³-hybridized carbons (Fsp3) is 0.176. The molecule has 0 atom stereocenters. The van der Waals surface area contributed by atoms with Crippen LogP contribution >= 0.6 is 0 Å². The number of hydrogen-bond donors (Lipinski definition) is 3. The van der Waals surface area contributed by atoms with Gasteiger partial charge in [-0.25, -0.2) is 15.0 Å². The van der Waals surface area contributed by atoms with E-state index in [4.69, 9.17) is 0 Å². The number of nitro benzene ring substituents is 1. The Labute approximate surface area is 174 Å². The van der Waals surface area contributed by atoms with E-state index < -0.39 is 21.4 Å². The Bertz CT molecular complexity index is 1090. The first-order valence-electron chi connectivity index (χ1n) is 8.95. The van der Waals surface area contributed by atoms with Gasteiger partial charge in [-0.3, -0.25) is 35.9 Å². The van der Waals surface area contributed by atoms with Crippen LogP contribution in [0.1, 0.15) is 16.8 Å². The number of nitro groups is 2. The Balaban J connectivity index is 1.65. The van der Waals surface area contributed by atoms with Crippen LogP contribution in [0.3, 0.4) is 0 Å². The van der Waals surface area contributed by atoms with Crippen LogP contribution in [0.15, 0.2) is 49.3 Å². The second-order valence-corrected chi connectivity index (χ2v) is 6.14. The van der Waals surface area contributed by atoms with E-state index in [-0.39, 0.29) is 22.9 Å². The highest BCUT2D eigenvalue weighted by Gasteiger charge is 2.23. The fourth-order valence-corrected chi connectivity index (χ4v) is 2.61. The largest absolute Gasteiger partial charge is 0.364 e. The lowest BCUT2D eigenvalue weighted by Crippen LogP contribution is -2.30. The molecule has 0 saturated heterocycles. The average molecular weight is 427 g/mol. The summed E-state index contributed by atoms with van der Waals surface area (Å²) in [5, 5.41) is 25.3. The molecule has 14 nitrogen and oxygen atoms in total. The summed E-state index contributed by atoms with van der Waals surface area (Å²) in [4.78, 5) is 45.0. The molecule has 3 rings (SSSR count). The van der Waals surface area contributed by atoms with Gasteiger partial charge in [0.15, 0.2) is 0 Å². The second-order valence-electron chi connectivity index (χ2n) is 6.14. The first-order valence-corrected chi connectivity index (χ1v) is 8.95. The summed E-state index contributed by atoms with van der Waals surface area (Å²) in [7, 11) is 0. The first-order chi connectivity index (χ1) is 15.0. The van der Waals surface area contributed by atoms with Crippen molar-refractivity contribution in [2.24, 2.45) is 0 Å². The van der Waals surface area contributed by atoms with Gasteiger partial charge in [-0.1, -0.05) is 6.07 Å². The van der Waals surface area contributed by atoms with Crippen LogP contribution < -0.4 is 16.2 Å². The van der Waals surface area contributed by atoms with Crippen molar-refractivity contribution in [3.63, 3.8) is 0 Å². The summed E-state index contributed by atoms with van der Waals surface area (Å²) in [6, 6.07) is 5.04. The number of aryl methyl sites for hydroxylation is 1. The van der Waals surface area contributed by atoms with Gasteiger partial charge >= 0.3 is 5.69 Å². The van der Waals surface area contributed by atoms with Gasteiger partial charge in [0.2, 0.25) is 11.6 Å². The Kier molecular flexibility index (Phi) is 6.62. The number of carbonyl (C=O) groups is 1. The lowest BCUT2D eigenvalue weighted by Gasteiger charge is -2.11. The molecule has 160 valence electrons. The quantitative estimate of drug-likeness (QED) is 0.245. The minimum absolute atomic E-state index is 0.00346. The molecule has 0 bridgehead atoms. The zero-order valence-corrected chi connectivity index (χ0v) is 16.0. The lowest BCUT2D eigenvalue weighted by molar-refractivity contribution is -0.384. The highest BCUT2D eigenvalue weighted by atomic mass is 16.6. The number of aromatic nitrogens is 4. The molecule has 0 spiro atoms. The molecule has 0 aliphatic rings. The standard InChI is InChI=1S/C17H17N9O5/c27-17(12-3-1-4-13(9-12)25(28)29)23-22-16-14(26(30)31)15(20-10-21-16)19-5-2-7-24-8-6-18-11-24/h1,3-4,6,8-11H,2,5,7H2,(H,23,27)(H2,19,20,21,22). The topological polar surface area (TPSA) is 183 Å². The van der Waals surface area contributed by atoms with Crippen LogP contribution in [0.5, 0.6) is 0 Å². The van der Waals surface area contributed by atoms with Crippen molar-refractivity contribution in [1.29, 1.82) is 0 Å². The fourth-order valence-electron chi connectivity index (χ4n) is 2.61. The maximum atomic E-state index is 12.2. The van der Waals surface area contributed by atoms with Crippen molar-refractivity contribution in [2.75, 3.05) is 17.3 Å². The van der Waals surface area contributed by atoms with Crippen molar-refractivity contribution in [1.82, 2.24) is 24.9 Å². The molecule has 31 heavy (non-hydrogen) atoms. The Morgan fingerprint density at radius 1 is 1.13 bits per heavy atom. The zero-order valence-electron chi connectivity index (χ0n) is 16.0. The van der Waals surface area contributed by atoms with Crippen LogP contribution in [0.25, 0.3) is 0 Å². The predicted octanol–water partition coefficient (Wildman–Crippen LogP) is 1.75. The van der Waals surface area contributed by atoms with Gasteiger partial charge in [0.1, 0.15) is 6.33 Å². The van der Waals surface area contributed by atoms with Gasteiger partial charge in [0.05, 0.1) is 16.2 Å². The molecule has 0 aliphatic carbocycles. The van der Waals surface area contributed by atoms with E-state index >= 15 is 0 Å². The Hall–Kier alpha value is -4.62. The minimum Gasteiger partial charge on any atom is -0.364 e. The molecular formula is C17H17N9O5. The van der Waals surface area contributed by atoms with Gasteiger partial charge in [-0.15, -0.1) is 0 Å². The summed E-state index contributed by atoms with van der Waals surface area (Å²) in [6.45, 7) is 1.06. The summed E-state index contributed by atoms with van der Waals surface area (Å²) >= 11 is 0. The molecule has 0 aliphatic heterocycles. The third-order valence-corrected chi connectivity index (χ3v) is 4.06. The third-order valence-electron chi connectivity index (χ3n) is 4.06. The first kappa shape index (κ1) is 21.1. The number of hydrazine groups is 1. The van der Waals surface area contributed by atoms with Crippen LogP contribution in [0.2, 0.25) is 0 Å². The van der Waals surface area contributed by atoms with Gasteiger partial charge in [-0.2, -0.15) is 0 Å². The van der Waals surface area contributed by atoms with Crippen LogP contribution in [0.4, 0.5) is 23.0 Å². The Morgan fingerprint density at radius 3 is 2.65 bits per heavy atom. The van der Waals surface area contributed by atoms with Crippen molar-refractivity contribution in [3.05, 3.63) is 75.1 Å².